The second-order valence-electron chi connectivity index (χ2n) is 6.03. The second-order valence-corrected chi connectivity index (χ2v) is 6.03. The molecule has 0 bridgehead atoms. The maximum absolute atomic E-state index is 10.3. The first-order valence-electron chi connectivity index (χ1n) is 7.94. The lowest BCUT2D eigenvalue weighted by molar-refractivity contribution is 0.0885. The van der Waals surface area contributed by atoms with Crippen molar-refractivity contribution in [3.63, 3.8) is 0 Å². The molecule has 1 fully saturated rings. The van der Waals surface area contributed by atoms with Crippen molar-refractivity contribution in [2.75, 3.05) is 33.3 Å². The van der Waals surface area contributed by atoms with Crippen molar-refractivity contribution in [2.45, 2.75) is 31.8 Å². The third-order valence-corrected chi connectivity index (χ3v) is 4.38. The molecule has 0 aromatic heterocycles. The van der Waals surface area contributed by atoms with Gasteiger partial charge in [-0.15, -0.1) is 0 Å². The molecule has 1 aromatic rings. The molecule has 2 rings (SSSR count). The molecular weight excluding hydrogens is 264 g/mol. The fourth-order valence-electron chi connectivity index (χ4n) is 3.09. The molecule has 4 nitrogen and oxygen atoms in total. The van der Waals surface area contributed by atoms with Crippen molar-refractivity contribution in [1.82, 2.24) is 4.90 Å². The Bertz CT molecular complexity index is 400. The molecular formula is C17H28N2O2. The normalized spacial score (nSPS) is 18.6. The Labute approximate surface area is 127 Å². The van der Waals surface area contributed by atoms with Gasteiger partial charge in [0.1, 0.15) is 5.75 Å². The predicted molar refractivity (Wildman–Crippen MR) is 85.5 cm³/mol. The number of methoxy groups -OCH3 is 1. The third kappa shape index (κ3) is 5.30. The summed E-state index contributed by atoms with van der Waals surface area (Å²) in [4.78, 5) is 2.38. The van der Waals surface area contributed by atoms with Gasteiger partial charge in [-0.1, -0.05) is 12.1 Å². The Balaban J connectivity index is 1.73. The molecule has 0 saturated carbocycles. The number of ether oxygens (including phenoxy) is 1. The fourth-order valence-corrected chi connectivity index (χ4v) is 3.09. The van der Waals surface area contributed by atoms with Crippen LogP contribution in [0, 0.1) is 5.92 Å². The summed E-state index contributed by atoms with van der Waals surface area (Å²) in [5, 5.41) is 10.3. The van der Waals surface area contributed by atoms with Crippen LogP contribution in [0.3, 0.4) is 0 Å². The maximum atomic E-state index is 10.3. The van der Waals surface area contributed by atoms with E-state index in [0.29, 0.717) is 6.42 Å². The van der Waals surface area contributed by atoms with Crippen LogP contribution >= 0.6 is 0 Å². The van der Waals surface area contributed by atoms with Gasteiger partial charge in [0.05, 0.1) is 13.2 Å². The SMILES string of the molecule is COc1ccc(C[C@@H](O)CN2CCC(CCN)CC2)cc1. The van der Waals surface area contributed by atoms with Crippen LogP contribution < -0.4 is 10.5 Å². The number of likely N-dealkylation sites (tertiary alicyclic amines) is 1. The molecule has 1 aromatic carbocycles. The molecule has 1 aliphatic heterocycles. The van der Waals surface area contributed by atoms with Gasteiger partial charge in [0.2, 0.25) is 0 Å². The van der Waals surface area contributed by atoms with Gasteiger partial charge in [-0.3, -0.25) is 0 Å². The number of aliphatic hydroxyl groups excluding tert-OH is 1. The Kier molecular flexibility index (Phi) is 6.49. The van der Waals surface area contributed by atoms with Gasteiger partial charge in [0, 0.05) is 6.54 Å². The van der Waals surface area contributed by atoms with Gasteiger partial charge in [0.15, 0.2) is 0 Å². The average Bonchev–Trinajstić information content (AvgIpc) is 2.50. The van der Waals surface area contributed by atoms with Gasteiger partial charge >= 0.3 is 0 Å². The summed E-state index contributed by atoms with van der Waals surface area (Å²) in [6.45, 7) is 3.74. The molecule has 1 aliphatic rings. The van der Waals surface area contributed by atoms with E-state index in [9.17, 15) is 5.11 Å². The number of hydrogen-bond acceptors (Lipinski definition) is 4. The Morgan fingerprint density at radius 1 is 1.29 bits per heavy atom. The second kappa shape index (κ2) is 8.37. The van der Waals surface area contributed by atoms with E-state index in [1.54, 1.807) is 7.11 Å². The number of piperidine rings is 1. The molecule has 1 atom stereocenters. The molecule has 1 saturated heterocycles. The first kappa shape index (κ1) is 16.3. The van der Waals surface area contributed by atoms with E-state index < -0.39 is 0 Å². The summed E-state index contributed by atoms with van der Waals surface area (Å²) in [6, 6.07) is 7.94. The lowest BCUT2D eigenvalue weighted by Gasteiger charge is -2.33. The van der Waals surface area contributed by atoms with Gasteiger partial charge in [0.25, 0.3) is 0 Å². The van der Waals surface area contributed by atoms with Crippen molar-refractivity contribution in [1.29, 1.82) is 0 Å². The van der Waals surface area contributed by atoms with Crippen molar-refractivity contribution in [3.8, 4) is 5.75 Å². The predicted octanol–water partition coefficient (Wildman–Crippen LogP) is 1.66. The number of rotatable bonds is 7. The Morgan fingerprint density at radius 3 is 2.52 bits per heavy atom. The molecule has 0 spiro atoms. The number of aliphatic hydroxyl groups is 1. The minimum Gasteiger partial charge on any atom is -0.497 e. The van der Waals surface area contributed by atoms with Crippen LogP contribution in [0.4, 0.5) is 0 Å². The molecule has 4 heteroatoms. The van der Waals surface area contributed by atoms with Crippen LogP contribution in [0.15, 0.2) is 24.3 Å². The summed E-state index contributed by atoms with van der Waals surface area (Å²) in [7, 11) is 1.66. The maximum Gasteiger partial charge on any atom is 0.118 e. The Morgan fingerprint density at radius 2 is 1.95 bits per heavy atom. The van der Waals surface area contributed by atoms with Crippen molar-refractivity contribution >= 4 is 0 Å². The zero-order valence-corrected chi connectivity index (χ0v) is 13.0. The van der Waals surface area contributed by atoms with Crippen molar-refractivity contribution in [3.05, 3.63) is 29.8 Å². The molecule has 1 heterocycles. The smallest absolute Gasteiger partial charge is 0.118 e. The van der Waals surface area contributed by atoms with E-state index in [-0.39, 0.29) is 6.10 Å². The number of hydrogen-bond donors (Lipinski definition) is 2. The number of nitrogens with two attached hydrogens (primary N) is 1. The highest BCUT2D eigenvalue weighted by molar-refractivity contribution is 5.27. The zero-order valence-electron chi connectivity index (χ0n) is 13.0. The van der Waals surface area contributed by atoms with Crippen LogP contribution in [0.25, 0.3) is 0 Å². The van der Waals surface area contributed by atoms with E-state index >= 15 is 0 Å². The first-order chi connectivity index (χ1) is 10.2. The molecule has 0 aliphatic carbocycles. The van der Waals surface area contributed by atoms with Gasteiger partial charge in [-0.2, -0.15) is 0 Å². The van der Waals surface area contributed by atoms with Crippen LogP contribution in [0.2, 0.25) is 0 Å². The molecule has 21 heavy (non-hydrogen) atoms. The van der Waals surface area contributed by atoms with Crippen molar-refractivity contribution < 1.29 is 9.84 Å². The highest BCUT2D eigenvalue weighted by atomic mass is 16.5. The highest BCUT2D eigenvalue weighted by Gasteiger charge is 2.20. The van der Waals surface area contributed by atoms with Crippen LogP contribution in [-0.4, -0.2) is 49.4 Å². The topological polar surface area (TPSA) is 58.7 Å². The summed E-state index contributed by atoms with van der Waals surface area (Å²) >= 11 is 0. The van der Waals surface area contributed by atoms with Gasteiger partial charge in [-0.25, -0.2) is 0 Å². The van der Waals surface area contributed by atoms with Crippen LogP contribution in [-0.2, 0) is 6.42 Å². The van der Waals surface area contributed by atoms with E-state index in [1.165, 1.54) is 12.8 Å². The monoisotopic (exact) mass is 292 g/mol. The largest absolute Gasteiger partial charge is 0.497 e. The minimum atomic E-state index is -0.301. The average molecular weight is 292 g/mol. The summed E-state index contributed by atoms with van der Waals surface area (Å²) in [5.41, 5.74) is 6.77. The summed E-state index contributed by atoms with van der Waals surface area (Å²) in [6.07, 6.45) is 3.97. The summed E-state index contributed by atoms with van der Waals surface area (Å²) < 4.78 is 5.15. The van der Waals surface area contributed by atoms with Crippen LogP contribution in [0.1, 0.15) is 24.8 Å². The first-order valence-corrected chi connectivity index (χ1v) is 7.94. The molecule has 118 valence electrons. The quantitative estimate of drug-likeness (QED) is 0.802. The zero-order chi connectivity index (χ0) is 15.1. The molecule has 0 amide bonds. The van der Waals surface area contributed by atoms with E-state index in [0.717, 1.165) is 49.8 Å². The van der Waals surface area contributed by atoms with E-state index in [2.05, 4.69) is 4.90 Å². The van der Waals surface area contributed by atoms with E-state index in [4.69, 9.17) is 10.5 Å². The van der Waals surface area contributed by atoms with Crippen molar-refractivity contribution in [2.24, 2.45) is 11.7 Å². The standard InChI is InChI=1S/C17H28N2O2/c1-21-17-4-2-15(3-5-17)12-16(20)13-19-10-7-14(6-9-18)8-11-19/h2-5,14,16,20H,6-13,18H2,1H3/t16-/m1/s1. The molecule has 0 radical (unpaired) electrons. The molecule has 3 N–H and O–H groups in total. The Hall–Kier alpha value is -1.10. The third-order valence-electron chi connectivity index (χ3n) is 4.38. The number of benzene rings is 1. The number of nitrogens with zero attached hydrogens (tertiary/aromatic N) is 1. The number of β-amino-alcohol motifs (C(OH)–C–C–N with tert-alkyl or cyclic N) is 1. The lowest BCUT2D eigenvalue weighted by atomic mass is 9.93. The van der Waals surface area contributed by atoms with Crippen LogP contribution in [0.5, 0.6) is 5.75 Å². The minimum absolute atomic E-state index is 0.301. The molecule has 0 unspecified atom stereocenters. The van der Waals surface area contributed by atoms with E-state index in [1.807, 2.05) is 24.3 Å². The summed E-state index contributed by atoms with van der Waals surface area (Å²) in [5.74, 6) is 1.64. The lowest BCUT2D eigenvalue weighted by Crippen LogP contribution is -2.39. The highest BCUT2D eigenvalue weighted by Crippen LogP contribution is 2.20. The fraction of sp³-hybridized carbons (Fsp3) is 0.647. The van der Waals surface area contributed by atoms with Gasteiger partial charge < -0.3 is 20.5 Å². The van der Waals surface area contributed by atoms with Gasteiger partial charge in [-0.05, 0) is 68.9 Å².